The van der Waals surface area contributed by atoms with Crippen molar-refractivity contribution in [3.05, 3.63) is 11.8 Å². The average Bonchev–Trinajstić information content (AvgIpc) is 2.86. The topological polar surface area (TPSA) is 66.8 Å². The highest BCUT2D eigenvalue weighted by Crippen LogP contribution is 2.71. The average molecular weight is 363 g/mol. The molecule has 0 saturated heterocycles. The highest BCUT2D eigenvalue weighted by molar-refractivity contribution is 5.89. The summed E-state index contributed by atoms with van der Waals surface area (Å²) in [4.78, 5) is 12.1. The third-order valence-corrected chi connectivity index (χ3v) is 9.36. The number of carbonyl (C=O) groups is 1. The van der Waals surface area contributed by atoms with Crippen LogP contribution in [0.25, 0.3) is 0 Å². The largest absolute Gasteiger partial charge is 0.502 e. The van der Waals surface area contributed by atoms with E-state index in [-0.39, 0.29) is 34.0 Å². The van der Waals surface area contributed by atoms with Crippen molar-refractivity contribution in [1.29, 1.82) is 0 Å². The number of hydrogen-bond donors (Lipinski definition) is 2. The lowest BCUT2D eigenvalue weighted by atomic mass is 9.37. The third-order valence-electron chi connectivity index (χ3n) is 9.36. The molecule has 0 aromatic carbocycles. The first-order valence-corrected chi connectivity index (χ1v) is 10.3. The first-order chi connectivity index (χ1) is 12.0. The van der Waals surface area contributed by atoms with Gasteiger partial charge in [-0.3, -0.25) is 0 Å². The second-order valence-electron chi connectivity index (χ2n) is 10.6. The lowest BCUT2D eigenvalue weighted by molar-refractivity contribution is -0.241. The van der Waals surface area contributed by atoms with Gasteiger partial charge in [-0.1, -0.05) is 34.6 Å². The highest BCUT2D eigenvalue weighted by atomic mass is 16.6. The monoisotopic (exact) mass is 362 g/mol. The molecule has 0 bridgehead atoms. The second kappa shape index (κ2) is 5.27. The van der Waals surface area contributed by atoms with Crippen molar-refractivity contribution < 1.29 is 19.7 Å². The molecular formula is C22H34O4. The van der Waals surface area contributed by atoms with Crippen molar-refractivity contribution in [2.75, 3.05) is 0 Å². The van der Waals surface area contributed by atoms with Crippen LogP contribution < -0.4 is 0 Å². The van der Waals surface area contributed by atoms with Crippen molar-refractivity contribution in [2.24, 2.45) is 34.0 Å². The van der Waals surface area contributed by atoms with Crippen molar-refractivity contribution >= 4 is 5.97 Å². The van der Waals surface area contributed by atoms with Crippen LogP contribution in [0.15, 0.2) is 11.8 Å². The fourth-order valence-corrected chi connectivity index (χ4v) is 7.87. The predicted molar refractivity (Wildman–Crippen MR) is 99.4 cm³/mol. The molecule has 3 fully saturated rings. The molecule has 3 saturated carbocycles. The lowest BCUT2D eigenvalue weighted by Crippen LogP contribution is -2.67. The number of fused-ring (bicyclic) bond motifs is 4. The molecule has 0 radical (unpaired) electrons. The Bertz CT molecular complexity index is 667. The molecular weight excluding hydrogens is 328 g/mol. The zero-order chi connectivity index (χ0) is 19.1. The van der Waals surface area contributed by atoms with Gasteiger partial charge in [0.1, 0.15) is 5.60 Å². The zero-order valence-electron chi connectivity index (χ0n) is 16.8. The molecule has 26 heavy (non-hydrogen) atoms. The van der Waals surface area contributed by atoms with Crippen LogP contribution >= 0.6 is 0 Å². The molecule has 146 valence electrons. The minimum atomic E-state index is -0.689. The quantitative estimate of drug-likeness (QED) is 0.628. The fourth-order valence-electron chi connectivity index (χ4n) is 7.87. The summed E-state index contributed by atoms with van der Waals surface area (Å²) in [6.45, 7) is 11.3. The van der Waals surface area contributed by atoms with E-state index in [1.54, 1.807) is 6.08 Å². The van der Waals surface area contributed by atoms with E-state index in [9.17, 15) is 15.0 Å². The molecule has 7 unspecified atom stereocenters. The maximum absolute atomic E-state index is 12.1. The summed E-state index contributed by atoms with van der Waals surface area (Å²) in [5, 5.41) is 20.8. The molecule has 1 spiro atoms. The van der Waals surface area contributed by atoms with Crippen LogP contribution in [0, 0.1) is 34.0 Å². The molecule has 4 heteroatoms. The van der Waals surface area contributed by atoms with E-state index in [2.05, 4.69) is 34.6 Å². The van der Waals surface area contributed by atoms with E-state index in [1.807, 2.05) is 0 Å². The lowest BCUT2D eigenvalue weighted by Gasteiger charge is -2.68. The van der Waals surface area contributed by atoms with Crippen molar-refractivity contribution in [3.63, 3.8) is 0 Å². The Kier molecular flexibility index (Phi) is 3.72. The van der Waals surface area contributed by atoms with Gasteiger partial charge in [0.15, 0.2) is 0 Å². The Morgan fingerprint density at radius 3 is 2.35 bits per heavy atom. The Morgan fingerprint density at radius 2 is 1.73 bits per heavy atom. The Balaban J connectivity index is 1.81. The highest BCUT2D eigenvalue weighted by Gasteiger charge is 2.69. The number of rotatable bonds is 0. The van der Waals surface area contributed by atoms with E-state index in [4.69, 9.17) is 4.74 Å². The summed E-state index contributed by atoms with van der Waals surface area (Å²) >= 11 is 0. The van der Waals surface area contributed by atoms with Crippen LogP contribution in [0.2, 0.25) is 0 Å². The van der Waals surface area contributed by atoms with Crippen LogP contribution in [0.5, 0.6) is 0 Å². The summed E-state index contributed by atoms with van der Waals surface area (Å²) in [7, 11) is 0. The van der Waals surface area contributed by atoms with Gasteiger partial charge in [0.05, 0.1) is 6.10 Å². The van der Waals surface area contributed by atoms with Crippen LogP contribution in [0.4, 0.5) is 0 Å². The summed E-state index contributed by atoms with van der Waals surface area (Å²) in [6, 6.07) is 0. The standard InChI is InChI=1S/C22H34O4/c1-13-6-7-16-20(4)10-9-17(24)19(2,3)15(20)8-11-21(16,5)22(13)12-14(23)18(25)26-22/h12-13,15-17,23-24H,6-11H2,1-5H3. The van der Waals surface area contributed by atoms with Gasteiger partial charge < -0.3 is 14.9 Å². The fraction of sp³-hybridized carbons (Fsp3) is 0.864. The van der Waals surface area contributed by atoms with Gasteiger partial charge in [0, 0.05) is 17.4 Å². The molecule has 0 amide bonds. The summed E-state index contributed by atoms with van der Waals surface area (Å²) in [6.07, 6.45) is 7.50. The van der Waals surface area contributed by atoms with Crippen LogP contribution in [0.1, 0.15) is 73.1 Å². The molecule has 4 aliphatic rings. The van der Waals surface area contributed by atoms with E-state index >= 15 is 0 Å². The summed E-state index contributed by atoms with van der Waals surface area (Å²) in [5.74, 6) is 0.319. The van der Waals surface area contributed by atoms with E-state index in [1.165, 1.54) is 0 Å². The molecule has 1 heterocycles. The SMILES string of the molecule is CC1CCC2C3(C)CCC(O)C(C)(C)C3CCC2(C)C12C=C(O)C(=O)O2. The van der Waals surface area contributed by atoms with Crippen molar-refractivity contribution in [2.45, 2.75) is 84.8 Å². The minimum absolute atomic E-state index is 0.0884. The van der Waals surface area contributed by atoms with E-state index < -0.39 is 11.6 Å². The number of carbonyl (C=O) groups excluding carboxylic acids is 1. The van der Waals surface area contributed by atoms with Crippen molar-refractivity contribution in [3.8, 4) is 0 Å². The van der Waals surface area contributed by atoms with Crippen LogP contribution in [-0.2, 0) is 9.53 Å². The zero-order valence-corrected chi connectivity index (χ0v) is 16.8. The Morgan fingerprint density at radius 1 is 1.04 bits per heavy atom. The molecule has 7 atom stereocenters. The van der Waals surface area contributed by atoms with Gasteiger partial charge >= 0.3 is 5.97 Å². The maximum Gasteiger partial charge on any atom is 0.374 e. The van der Waals surface area contributed by atoms with Crippen molar-refractivity contribution in [1.82, 2.24) is 0 Å². The summed E-state index contributed by atoms with van der Waals surface area (Å²) < 4.78 is 5.95. The Labute approximate surface area is 157 Å². The maximum atomic E-state index is 12.1. The number of esters is 1. The first-order valence-electron chi connectivity index (χ1n) is 10.3. The normalized spacial score (nSPS) is 52.8. The van der Waals surface area contributed by atoms with Gasteiger partial charge in [-0.05, 0) is 61.2 Å². The number of hydrogen-bond acceptors (Lipinski definition) is 4. The van der Waals surface area contributed by atoms with Gasteiger partial charge in [-0.25, -0.2) is 4.79 Å². The summed E-state index contributed by atoms with van der Waals surface area (Å²) in [5.41, 5.74) is -0.823. The molecule has 4 rings (SSSR count). The van der Waals surface area contributed by atoms with E-state index in [0.717, 1.165) is 38.5 Å². The van der Waals surface area contributed by atoms with Gasteiger partial charge in [0.2, 0.25) is 5.76 Å². The first kappa shape index (κ1) is 18.3. The second-order valence-corrected chi connectivity index (χ2v) is 10.6. The third kappa shape index (κ3) is 1.97. The smallest absolute Gasteiger partial charge is 0.374 e. The van der Waals surface area contributed by atoms with Gasteiger partial charge in [0.25, 0.3) is 0 Å². The number of ether oxygens (including phenoxy) is 1. The number of aliphatic hydroxyl groups is 2. The molecule has 0 aromatic rings. The molecule has 2 N–H and O–H groups in total. The molecule has 3 aliphatic carbocycles. The van der Waals surface area contributed by atoms with Crippen LogP contribution in [0.3, 0.4) is 0 Å². The minimum Gasteiger partial charge on any atom is -0.502 e. The molecule has 4 nitrogen and oxygen atoms in total. The van der Waals surface area contributed by atoms with Crippen LogP contribution in [-0.4, -0.2) is 27.9 Å². The number of aliphatic hydroxyl groups excluding tert-OH is 2. The van der Waals surface area contributed by atoms with Gasteiger partial charge in [-0.15, -0.1) is 0 Å². The predicted octanol–water partition coefficient (Wildman–Crippen LogP) is 4.37. The van der Waals surface area contributed by atoms with E-state index in [0.29, 0.717) is 11.8 Å². The Hall–Kier alpha value is -1.03. The molecule has 0 aromatic heterocycles. The van der Waals surface area contributed by atoms with Gasteiger partial charge in [-0.2, -0.15) is 0 Å². The molecule has 1 aliphatic heterocycles.